The molecule has 0 spiro atoms. The molecule has 0 saturated carbocycles. The molecule has 0 unspecified atom stereocenters. The van der Waals surface area contributed by atoms with Gasteiger partial charge < -0.3 is 9.84 Å². The SMILES string of the molecule is Cc1ccc(C)c(OCCN2CC(O)(C(C)C)C2)c1. The zero-order valence-corrected chi connectivity index (χ0v) is 12.4. The molecule has 1 aliphatic heterocycles. The van der Waals surface area contributed by atoms with Crippen LogP contribution in [0, 0.1) is 19.8 Å². The molecule has 0 aliphatic carbocycles. The summed E-state index contributed by atoms with van der Waals surface area (Å²) in [6.07, 6.45) is 0. The molecule has 0 radical (unpaired) electrons. The average molecular weight is 263 g/mol. The van der Waals surface area contributed by atoms with E-state index in [4.69, 9.17) is 4.74 Å². The highest BCUT2D eigenvalue weighted by molar-refractivity contribution is 5.35. The second-order valence-corrected chi connectivity index (χ2v) is 6.09. The molecule has 3 nitrogen and oxygen atoms in total. The monoisotopic (exact) mass is 263 g/mol. The summed E-state index contributed by atoms with van der Waals surface area (Å²) in [6, 6.07) is 6.27. The Morgan fingerprint density at radius 2 is 2.00 bits per heavy atom. The molecule has 19 heavy (non-hydrogen) atoms. The first kappa shape index (κ1) is 14.4. The summed E-state index contributed by atoms with van der Waals surface area (Å²) in [5, 5.41) is 10.2. The van der Waals surface area contributed by atoms with E-state index < -0.39 is 5.60 Å². The number of aliphatic hydroxyl groups is 1. The molecule has 1 aliphatic rings. The predicted molar refractivity (Wildman–Crippen MR) is 77.6 cm³/mol. The summed E-state index contributed by atoms with van der Waals surface area (Å²) < 4.78 is 5.83. The fourth-order valence-electron chi connectivity index (χ4n) is 2.40. The van der Waals surface area contributed by atoms with Crippen molar-refractivity contribution >= 4 is 0 Å². The first-order valence-corrected chi connectivity index (χ1v) is 7.05. The van der Waals surface area contributed by atoms with Crippen LogP contribution in [0.5, 0.6) is 5.75 Å². The van der Waals surface area contributed by atoms with Crippen molar-refractivity contribution in [2.45, 2.75) is 33.3 Å². The van der Waals surface area contributed by atoms with E-state index in [1.807, 2.05) is 0 Å². The van der Waals surface area contributed by atoms with Gasteiger partial charge in [0.1, 0.15) is 12.4 Å². The van der Waals surface area contributed by atoms with Crippen molar-refractivity contribution < 1.29 is 9.84 Å². The number of likely N-dealkylation sites (tertiary alicyclic amines) is 1. The molecule has 106 valence electrons. The van der Waals surface area contributed by atoms with Crippen LogP contribution < -0.4 is 4.74 Å². The Kier molecular flexibility index (Phi) is 4.16. The maximum atomic E-state index is 10.2. The lowest BCUT2D eigenvalue weighted by atomic mass is 9.83. The second-order valence-electron chi connectivity index (χ2n) is 6.09. The van der Waals surface area contributed by atoms with Gasteiger partial charge in [-0.25, -0.2) is 0 Å². The highest BCUT2D eigenvalue weighted by atomic mass is 16.5. The van der Waals surface area contributed by atoms with Crippen LogP contribution >= 0.6 is 0 Å². The Hall–Kier alpha value is -1.06. The van der Waals surface area contributed by atoms with Gasteiger partial charge in [-0.3, -0.25) is 4.90 Å². The predicted octanol–water partition coefficient (Wildman–Crippen LogP) is 2.38. The molecule has 1 heterocycles. The molecule has 1 aromatic rings. The molecule has 1 aromatic carbocycles. The van der Waals surface area contributed by atoms with Crippen molar-refractivity contribution in [2.24, 2.45) is 5.92 Å². The first-order valence-electron chi connectivity index (χ1n) is 7.05. The first-order chi connectivity index (χ1) is 8.90. The minimum Gasteiger partial charge on any atom is -0.492 e. The Bertz CT molecular complexity index is 436. The molecule has 1 N–H and O–H groups in total. The van der Waals surface area contributed by atoms with E-state index in [2.05, 4.69) is 50.8 Å². The Morgan fingerprint density at radius 3 is 2.63 bits per heavy atom. The average Bonchev–Trinajstić information content (AvgIpc) is 2.30. The van der Waals surface area contributed by atoms with E-state index in [-0.39, 0.29) is 0 Å². The topological polar surface area (TPSA) is 32.7 Å². The normalized spacial score (nSPS) is 18.4. The van der Waals surface area contributed by atoms with Gasteiger partial charge in [-0.05, 0) is 37.0 Å². The van der Waals surface area contributed by atoms with Crippen molar-refractivity contribution in [3.63, 3.8) is 0 Å². The molecule has 0 bridgehead atoms. The zero-order chi connectivity index (χ0) is 14.0. The standard InChI is InChI=1S/C16H25NO2/c1-12(2)16(18)10-17(11-16)7-8-19-15-9-13(3)5-6-14(15)4/h5-6,9,12,18H,7-8,10-11H2,1-4H3. The van der Waals surface area contributed by atoms with E-state index >= 15 is 0 Å². The van der Waals surface area contributed by atoms with E-state index in [1.165, 1.54) is 11.1 Å². The Balaban J connectivity index is 1.75. The number of benzene rings is 1. The van der Waals surface area contributed by atoms with Gasteiger partial charge in [-0.1, -0.05) is 26.0 Å². The van der Waals surface area contributed by atoms with Gasteiger partial charge in [0, 0.05) is 19.6 Å². The number of aryl methyl sites for hydroxylation is 2. The lowest BCUT2D eigenvalue weighted by molar-refractivity contribution is -0.129. The molecule has 1 saturated heterocycles. The van der Waals surface area contributed by atoms with Crippen LogP contribution in [0.1, 0.15) is 25.0 Å². The summed E-state index contributed by atoms with van der Waals surface area (Å²) in [5.41, 5.74) is 1.91. The number of nitrogens with zero attached hydrogens (tertiary/aromatic N) is 1. The van der Waals surface area contributed by atoms with Gasteiger partial charge in [0.15, 0.2) is 0 Å². The summed E-state index contributed by atoms with van der Waals surface area (Å²) in [4.78, 5) is 2.24. The number of ether oxygens (including phenoxy) is 1. The number of hydrogen-bond acceptors (Lipinski definition) is 3. The van der Waals surface area contributed by atoms with Crippen LogP contribution in [-0.4, -0.2) is 41.8 Å². The molecular formula is C16H25NO2. The van der Waals surface area contributed by atoms with Crippen molar-refractivity contribution in [2.75, 3.05) is 26.2 Å². The van der Waals surface area contributed by atoms with E-state index in [1.54, 1.807) is 0 Å². The minimum absolute atomic E-state index is 0.323. The Labute approximate surface area is 116 Å². The van der Waals surface area contributed by atoms with Gasteiger partial charge in [-0.15, -0.1) is 0 Å². The molecule has 1 fully saturated rings. The number of hydrogen-bond donors (Lipinski definition) is 1. The molecule has 3 heteroatoms. The third kappa shape index (κ3) is 3.28. The van der Waals surface area contributed by atoms with Crippen LogP contribution in [0.3, 0.4) is 0 Å². The minimum atomic E-state index is -0.487. The smallest absolute Gasteiger partial charge is 0.122 e. The summed E-state index contributed by atoms with van der Waals surface area (Å²) in [7, 11) is 0. The third-order valence-corrected chi connectivity index (χ3v) is 4.08. The number of β-amino-alcohol motifs (C(OH)–C–C–N with tert-alkyl or cyclic N) is 1. The lowest BCUT2D eigenvalue weighted by Crippen LogP contribution is -2.64. The second kappa shape index (κ2) is 5.51. The van der Waals surface area contributed by atoms with Crippen LogP contribution in [-0.2, 0) is 0 Å². The number of rotatable bonds is 5. The van der Waals surface area contributed by atoms with Crippen molar-refractivity contribution in [3.05, 3.63) is 29.3 Å². The van der Waals surface area contributed by atoms with Crippen molar-refractivity contribution in [3.8, 4) is 5.75 Å². The quantitative estimate of drug-likeness (QED) is 0.885. The summed E-state index contributed by atoms with van der Waals surface area (Å²) in [5.74, 6) is 1.29. The summed E-state index contributed by atoms with van der Waals surface area (Å²) >= 11 is 0. The van der Waals surface area contributed by atoms with Gasteiger partial charge in [-0.2, -0.15) is 0 Å². The molecule has 0 aromatic heterocycles. The highest BCUT2D eigenvalue weighted by Gasteiger charge is 2.43. The van der Waals surface area contributed by atoms with Crippen LogP contribution in [0.2, 0.25) is 0 Å². The van der Waals surface area contributed by atoms with Gasteiger partial charge in [0.25, 0.3) is 0 Å². The molecular weight excluding hydrogens is 238 g/mol. The maximum absolute atomic E-state index is 10.2. The largest absolute Gasteiger partial charge is 0.492 e. The Morgan fingerprint density at radius 1 is 1.32 bits per heavy atom. The van der Waals surface area contributed by atoms with Crippen LogP contribution in [0.25, 0.3) is 0 Å². The van der Waals surface area contributed by atoms with Crippen LogP contribution in [0.4, 0.5) is 0 Å². The van der Waals surface area contributed by atoms with Gasteiger partial charge in [0.05, 0.1) is 5.60 Å². The third-order valence-electron chi connectivity index (χ3n) is 4.08. The zero-order valence-electron chi connectivity index (χ0n) is 12.4. The molecule has 2 rings (SSSR count). The van der Waals surface area contributed by atoms with E-state index in [0.29, 0.717) is 12.5 Å². The highest BCUT2D eigenvalue weighted by Crippen LogP contribution is 2.28. The van der Waals surface area contributed by atoms with Crippen LogP contribution in [0.15, 0.2) is 18.2 Å². The van der Waals surface area contributed by atoms with Gasteiger partial charge >= 0.3 is 0 Å². The van der Waals surface area contributed by atoms with E-state index in [9.17, 15) is 5.11 Å². The van der Waals surface area contributed by atoms with Gasteiger partial charge in [0.2, 0.25) is 0 Å². The fraction of sp³-hybridized carbons (Fsp3) is 0.625. The fourth-order valence-corrected chi connectivity index (χ4v) is 2.40. The van der Waals surface area contributed by atoms with Crippen molar-refractivity contribution in [1.82, 2.24) is 4.90 Å². The molecule has 0 amide bonds. The molecule has 0 atom stereocenters. The van der Waals surface area contributed by atoms with Crippen molar-refractivity contribution in [1.29, 1.82) is 0 Å². The van der Waals surface area contributed by atoms with E-state index in [0.717, 1.165) is 25.4 Å². The maximum Gasteiger partial charge on any atom is 0.122 e. The lowest BCUT2D eigenvalue weighted by Gasteiger charge is -2.49. The summed E-state index contributed by atoms with van der Waals surface area (Å²) in [6.45, 7) is 11.4.